The third kappa shape index (κ3) is 2.96. The van der Waals surface area contributed by atoms with Crippen LogP contribution in [-0.4, -0.2) is 11.7 Å². The highest BCUT2D eigenvalue weighted by Gasteiger charge is 2.03. The average Bonchev–Trinajstić information content (AvgIpc) is 2.10. The second-order valence-electron chi connectivity index (χ2n) is 3.11. The van der Waals surface area contributed by atoms with Crippen molar-refractivity contribution in [3.63, 3.8) is 0 Å². The molecule has 0 radical (unpaired) electrons. The quantitative estimate of drug-likeness (QED) is 0.526. The number of rotatable bonds is 3. The Morgan fingerprint density at radius 3 is 2.86 bits per heavy atom. The Kier molecular flexibility index (Phi) is 3.83. The zero-order valence-electron chi connectivity index (χ0n) is 8.08. The predicted molar refractivity (Wildman–Crippen MR) is 62.7 cm³/mol. The first kappa shape index (κ1) is 10.9. The standard InChI is InChI=1S/C10H14N2OS/c1-7-2-3-9(8(11)6-7)12-10(13)4-5-14/h2-3,6,14H,4-5,11H2,1H3,(H,12,13). The number of carbonyl (C=O) groups excluding carboxylic acids is 1. The van der Waals surface area contributed by atoms with Crippen molar-refractivity contribution in [3.05, 3.63) is 23.8 Å². The minimum Gasteiger partial charge on any atom is -0.397 e. The van der Waals surface area contributed by atoms with Gasteiger partial charge in [0.2, 0.25) is 5.91 Å². The van der Waals surface area contributed by atoms with Gasteiger partial charge in [-0.2, -0.15) is 12.6 Å². The van der Waals surface area contributed by atoms with Crippen LogP contribution in [0.25, 0.3) is 0 Å². The Balaban J connectivity index is 2.72. The summed E-state index contributed by atoms with van der Waals surface area (Å²) in [5.74, 6) is 0.480. The first-order chi connectivity index (χ1) is 6.63. The van der Waals surface area contributed by atoms with Gasteiger partial charge in [-0.3, -0.25) is 4.79 Å². The molecule has 1 aromatic carbocycles. The molecule has 0 saturated carbocycles. The Labute approximate surface area is 89.1 Å². The Morgan fingerprint density at radius 2 is 2.29 bits per heavy atom. The highest BCUT2D eigenvalue weighted by atomic mass is 32.1. The molecule has 0 aliphatic heterocycles. The van der Waals surface area contributed by atoms with Crippen molar-refractivity contribution in [2.75, 3.05) is 16.8 Å². The molecule has 0 heterocycles. The summed E-state index contributed by atoms with van der Waals surface area (Å²) < 4.78 is 0. The summed E-state index contributed by atoms with van der Waals surface area (Å²) in [5.41, 5.74) is 8.07. The van der Waals surface area contributed by atoms with Crippen molar-refractivity contribution in [3.8, 4) is 0 Å². The van der Waals surface area contributed by atoms with Gasteiger partial charge in [0.05, 0.1) is 11.4 Å². The SMILES string of the molecule is Cc1ccc(NC(=O)CCS)c(N)c1. The lowest BCUT2D eigenvalue weighted by Gasteiger charge is -2.07. The summed E-state index contributed by atoms with van der Waals surface area (Å²) in [6, 6.07) is 5.55. The van der Waals surface area contributed by atoms with Crippen LogP contribution >= 0.6 is 12.6 Å². The molecule has 1 amide bonds. The molecule has 0 saturated heterocycles. The van der Waals surface area contributed by atoms with Crippen molar-refractivity contribution in [2.24, 2.45) is 0 Å². The molecule has 3 N–H and O–H groups in total. The molecule has 0 aromatic heterocycles. The van der Waals surface area contributed by atoms with E-state index >= 15 is 0 Å². The van der Waals surface area contributed by atoms with Gasteiger partial charge >= 0.3 is 0 Å². The number of carbonyl (C=O) groups is 1. The topological polar surface area (TPSA) is 55.1 Å². The molecular formula is C10H14N2OS. The summed E-state index contributed by atoms with van der Waals surface area (Å²) in [6.45, 7) is 1.95. The van der Waals surface area contributed by atoms with E-state index < -0.39 is 0 Å². The van der Waals surface area contributed by atoms with E-state index in [0.29, 0.717) is 23.5 Å². The summed E-state index contributed by atoms with van der Waals surface area (Å²) in [6.07, 6.45) is 0.399. The van der Waals surface area contributed by atoms with Crippen LogP contribution in [0.2, 0.25) is 0 Å². The van der Waals surface area contributed by atoms with Crippen molar-refractivity contribution in [1.29, 1.82) is 0 Å². The maximum absolute atomic E-state index is 11.2. The number of hydrogen-bond donors (Lipinski definition) is 3. The Morgan fingerprint density at radius 1 is 1.57 bits per heavy atom. The fourth-order valence-corrected chi connectivity index (χ4v) is 1.31. The number of hydrogen-bond acceptors (Lipinski definition) is 3. The third-order valence-electron chi connectivity index (χ3n) is 1.82. The van der Waals surface area contributed by atoms with E-state index in [1.807, 2.05) is 19.1 Å². The highest BCUT2D eigenvalue weighted by Crippen LogP contribution is 2.19. The smallest absolute Gasteiger partial charge is 0.225 e. The van der Waals surface area contributed by atoms with Gasteiger partial charge in [0.15, 0.2) is 0 Å². The van der Waals surface area contributed by atoms with E-state index in [4.69, 9.17) is 5.73 Å². The maximum Gasteiger partial charge on any atom is 0.225 e. The number of benzene rings is 1. The third-order valence-corrected chi connectivity index (χ3v) is 2.04. The molecule has 0 atom stereocenters. The fraction of sp³-hybridized carbons (Fsp3) is 0.300. The summed E-state index contributed by atoms with van der Waals surface area (Å²) in [4.78, 5) is 11.2. The van der Waals surface area contributed by atoms with Crippen molar-refractivity contribution >= 4 is 29.9 Å². The van der Waals surface area contributed by atoms with Crippen LogP contribution in [0.5, 0.6) is 0 Å². The average molecular weight is 210 g/mol. The van der Waals surface area contributed by atoms with Gasteiger partial charge in [-0.15, -0.1) is 0 Å². The Hall–Kier alpha value is -1.16. The van der Waals surface area contributed by atoms with Gasteiger partial charge in [0, 0.05) is 6.42 Å². The Bertz CT molecular complexity index is 339. The molecule has 0 unspecified atom stereocenters. The number of aryl methyl sites for hydroxylation is 1. The van der Waals surface area contributed by atoms with Crippen LogP contribution in [0.4, 0.5) is 11.4 Å². The van der Waals surface area contributed by atoms with E-state index in [0.717, 1.165) is 5.56 Å². The van der Waals surface area contributed by atoms with Crippen LogP contribution in [0.15, 0.2) is 18.2 Å². The lowest BCUT2D eigenvalue weighted by molar-refractivity contribution is -0.115. The summed E-state index contributed by atoms with van der Waals surface area (Å²) >= 11 is 3.98. The van der Waals surface area contributed by atoms with Crippen LogP contribution < -0.4 is 11.1 Å². The number of nitrogens with two attached hydrogens (primary N) is 1. The van der Waals surface area contributed by atoms with Gasteiger partial charge in [-0.25, -0.2) is 0 Å². The lowest BCUT2D eigenvalue weighted by Crippen LogP contribution is -2.13. The van der Waals surface area contributed by atoms with E-state index in [9.17, 15) is 4.79 Å². The minimum atomic E-state index is -0.0597. The molecule has 0 fully saturated rings. The van der Waals surface area contributed by atoms with Gasteiger partial charge in [-0.1, -0.05) is 6.07 Å². The van der Waals surface area contributed by atoms with Crippen LogP contribution in [-0.2, 0) is 4.79 Å². The molecule has 76 valence electrons. The predicted octanol–water partition coefficient (Wildman–Crippen LogP) is 1.84. The molecule has 14 heavy (non-hydrogen) atoms. The van der Waals surface area contributed by atoms with Gasteiger partial charge in [0.25, 0.3) is 0 Å². The van der Waals surface area contributed by atoms with E-state index in [2.05, 4.69) is 17.9 Å². The molecule has 0 spiro atoms. The van der Waals surface area contributed by atoms with Crippen molar-refractivity contribution < 1.29 is 4.79 Å². The van der Waals surface area contributed by atoms with Crippen molar-refractivity contribution in [1.82, 2.24) is 0 Å². The molecule has 0 aliphatic rings. The zero-order valence-corrected chi connectivity index (χ0v) is 8.97. The number of nitrogen functional groups attached to an aromatic ring is 1. The van der Waals surface area contributed by atoms with E-state index in [1.165, 1.54) is 0 Å². The van der Waals surface area contributed by atoms with E-state index in [-0.39, 0.29) is 5.91 Å². The van der Waals surface area contributed by atoms with Crippen molar-refractivity contribution in [2.45, 2.75) is 13.3 Å². The molecule has 0 bridgehead atoms. The van der Waals surface area contributed by atoms with Crippen LogP contribution in [0.3, 0.4) is 0 Å². The second kappa shape index (κ2) is 4.91. The minimum absolute atomic E-state index is 0.0597. The molecule has 0 aliphatic carbocycles. The first-order valence-electron chi connectivity index (χ1n) is 4.40. The van der Waals surface area contributed by atoms with Gasteiger partial charge < -0.3 is 11.1 Å². The number of nitrogens with one attached hydrogen (secondary N) is 1. The monoisotopic (exact) mass is 210 g/mol. The lowest BCUT2D eigenvalue weighted by atomic mass is 10.2. The normalized spacial score (nSPS) is 9.86. The maximum atomic E-state index is 11.2. The number of amides is 1. The summed E-state index contributed by atoms with van der Waals surface area (Å²) in [7, 11) is 0. The molecule has 1 rings (SSSR count). The first-order valence-corrected chi connectivity index (χ1v) is 5.03. The highest BCUT2D eigenvalue weighted by molar-refractivity contribution is 7.80. The van der Waals surface area contributed by atoms with Gasteiger partial charge in [-0.05, 0) is 30.4 Å². The number of thiol groups is 1. The second-order valence-corrected chi connectivity index (χ2v) is 3.56. The molecule has 1 aromatic rings. The van der Waals surface area contributed by atoms with Crippen LogP contribution in [0.1, 0.15) is 12.0 Å². The van der Waals surface area contributed by atoms with Gasteiger partial charge in [0.1, 0.15) is 0 Å². The van der Waals surface area contributed by atoms with E-state index in [1.54, 1.807) is 6.07 Å². The largest absolute Gasteiger partial charge is 0.397 e. The van der Waals surface area contributed by atoms with Crippen LogP contribution in [0, 0.1) is 6.92 Å². The molecule has 4 heteroatoms. The molecule has 3 nitrogen and oxygen atoms in total. The fourth-order valence-electron chi connectivity index (χ4n) is 1.11. The number of anilines is 2. The zero-order chi connectivity index (χ0) is 10.6. The summed E-state index contributed by atoms with van der Waals surface area (Å²) in [5, 5.41) is 2.73. The molecular weight excluding hydrogens is 196 g/mol.